The van der Waals surface area contributed by atoms with Gasteiger partial charge in [0.15, 0.2) is 11.6 Å². The first-order valence-electron chi connectivity index (χ1n) is 26.7. The van der Waals surface area contributed by atoms with Gasteiger partial charge in [-0.1, -0.05) is 0 Å². The molecule has 0 aromatic rings. The van der Waals surface area contributed by atoms with Gasteiger partial charge in [0.1, 0.15) is 0 Å². The Labute approximate surface area is 375 Å². The van der Waals surface area contributed by atoms with Crippen LogP contribution in [-0.2, 0) is 18.9 Å². The Morgan fingerprint density at radius 3 is 0.935 bits per heavy atom. The van der Waals surface area contributed by atoms with Gasteiger partial charge in [-0.3, -0.25) is 0 Å². The molecule has 8 heteroatoms. The van der Waals surface area contributed by atoms with Crippen LogP contribution in [0.5, 0.6) is 0 Å². The molecule has 0 spiro atoms. The highest BCUT2D eigenvalue weighted by Gasteiger charge is 2.59. The Balaban J connectivity index is 0.000000139. The van der Waals surface area contributed by atoms with Crippen molar-refractivity contribution in [3.8, 4) is 0 Å². The second-order valence-electron chi connectivity index (χ2n) is 27.5. The summed E-state index contributed by atoms with van der Waals surface area (Å²) in [6.07, 6.45) is 30.9. The van der Waals surface area contributed by atoms with E-state index in [0.717, 1.165) is 126 Å². The predicted molar refractivity (Wildman–Crippen MR) is 239 cm³/mol. The molecule has 16 aliphatic carbocycles. The molecular weight excluding hydrogens is 777 g/mol. The Bertz CT molecular complexity index is 1460. The third-order valence-corrected chi connectivity index (χ3v) is 21.3. The minimum absolute atomic E-state index is 0.0314. The molecule has 0 aromatic carbocycles. The van der Waals surface area contributed by atoms with E-state index in [2.05, 4.69) is 27.7 Å². The molecule has 16 fully saturated rings. The van der Waals surface area contributed by atoms with Gasteiger partial charge in [-0.2, -0.15) is 0 Å². The van der Waals surface area contributed by atoms with Crippen LogP contribution in [0.25, 0.3) is 0 Å². The van der Waals surface area contributed by atoms with Crippen LogP contribution in [0.1, 0.15) is 195 Å². The summed E-state index contributed by atoms with van der Waals surface area (Å²) in [4.78, 5) is 0. The number of rotatable bonds is 16. The molecule has 8 atom stereocenters. The molecule has 8 unspecified atom stereocenters. The summed E-state index contributed by atoms with van der Waals surface area (Å²) in [6, 6.07) is 0. The van der Waals surface area contributed by atoms with E-state index in [1.54, 1.807) is 0 Å². The lowest BCUT2D eigenvalue weighted by atomic mass is 9.47. The van der Waals surface area contributed by atoms with Crippen LogP contribution in [0.4, 0.5) is 0 Å². The first-order chi connectivity index (χ1) is 29.3. The molecule has 0 heterocycles. The van der Waals surface area contributed by atoms with Crippen molar-refractivity contribution in [2.24, 2.45) is 80.8 Å². The van der Waals surface area contributed by atoms with E-state index in [-0.39, 0.29) is 23.4 Å². The fourth-order valence-electron chi connectivity index (χ4n) is 20.5. The van der Waals surface area contributed by atoms with Crippen LogP contribution in [0.3, 0.4) is 0 Å². The van der Waals surface area contributed by atoms with Crippen LogP contribution in [0.15, 0.2) is 0 Å². The number of hydrogen-bond acceptors (Lipinski definition) is 8. The average Bonchev–Trinajstić information content (AvgIpc) is 3.13. The molecule has 62 heavy (non-hydrogen) atoms. The third-order valence-electron chi connectivity index (χ3n) is 21.3. The zero-order valence-corrected chi connectivity index (χ0v) is 39.6. The molecule has 16 aliphatic rings. The molecule has 16 saturated carbocycles. The van der Waals surface area contributed by atoms with E-state index >= 15 is 0 Å². The molecule has 8 nitrogen and oxygen atoms in total. The zero-order chi connectivity index (χ0) is 43.0. The first kappa shape index (κ1) is 44.2. The van der Waals surface area contributed by atoms with Crippen LogP contribution in [-0.4, -0.2) is 81.8 Å². The average molecular weight is 865 g/mol. The topological polar surface area (TPSA) is 118 Å². The molecule has 16 bridgehead atoms. The minimum atomic E-state index is -0.557. The molecule has 16 rings (SSSR count). The number of aliphatic hydroxyl groups excluding tert-OH is 2. The summed E-state index contributed by atoms with van der Waals surface area (Å²) in [5.74, 6) is 5.79. The van der Waals surface area contributed by atoms with Crippen molar-refractivity contribution in [3.05, 3.63) is 0 Å². The van der Waals surface area contributed by atoms with Crippen molar-refractivity contribution in [1.29, 1.82) is 0 Å². The lowest BCUT2D eigenvalue weighted by Gasteiger charge is -2.60. The highest BCUT2D eigenvalue weighted by Crippen LogP contribution is 2.66. The van der Waals surface area contributed by atoms with E-state index in [1.165, 1.54) is 103 Å². The number of hydrogen-bond donors (Lipinski definition) is 4. The molecule has 352 valence electrons. The zero-order valence-electron chi connectivity index (χ0n) is 39.6. The fraction of sp³-hybridized carbons (Fsp3) is 1.00. The van der Waals surface area contributed by atoms with Crippen LogP contribution < -0.4 is 0 Å². The molecule has 4 N–H and O–H groups in total. The maximum Gasteiger partial charge on any atom is 0.162 e. The maximum atomic E-state index is 11.0. The SMILES string of the molecule is CC(C)(OCCC12CC3CC(C1)C(O)C(C3)C2)OCCC12CC3CC(C1)C(O)C(C3)C2.CC(C)(OCCC12CC3CC(CC(O)(C3)C1)C2)OCCC12CC3CC(CC(O)(C3)C1)C2. The summed E-state index contributed by atoms with van der Waals surface area (Å²) in [6.45, 7) is 11.3. The van der Waals surface area contributed by atoms with E-state index < -0.39 is 11.6 Å². The van der Waals surface area contributed by atoms with Gasteiger partial charge in [0, 0.05) is 0 Å². The second-order valence-corrected chi connectivity index (χ2v) is 27.5. The summed E-state index contributed by atoms with van der Waals surface area (Å²) in [5, 5.41) is 43.1. The molecule has 0 saturated heterocycles. The van der Waals surface area contributed by atoms with Crippen LogP contribution in [0, 0.1) is 80.8 Å². The van der Waals surface area contributed by atoms with Gasteiger partial charge in [0.05, 0.1) is 49.8 Å². The molecule has 0 aliphatic heterocycles. The Kier molecular flexibility index (Phi) is 11.1. The van der Waals surface area contributed by atoms with Gasteiger partial charge >= 0.3 is 0 Å². The van der Waals surface area contributed by atoms with Gasteiger partial charge in [0.2, 0.25) is 0 Å². The lowest BCUT2D eigenvalue weighted by molar-refractivity contribution is -0.233. The third kappa shape index (κ3) is 8.70. The number of aliphatic hydroxyl groups is 4. The summed E-state index contributed by atoms with van der Waals surface area (Å²) in [7, 11) is 0. The van der Waals surface area contributed by atoms with Crippen LogP contribution >= 0.6 is 0 Å². The Morgan fingerprint density at radius 1 is 0.371 bits per heavy atom. The lowest BCUT2D eigenvalue weighted by Crippen LogP contribution is -2.56. The smallest absolute Gasteiger partial charge is 0.162 e. The molecule has 0 radical (unpaired) electrons. The van der Waals surface area contributed by atoms with Crippen molar-refractivity contribution in [3.63, 3.8) is 0 Å². The van der Waals surface area contributed by atoms with E-state index in [9.17, 15) is 20.4 Å². The normalized spacial score (nSPS) is 52.3. The van der Waals surface area contributed by atoms with Crippen molar-refractivity contribution in [2.75, 3.05) is 26.4 Å². The largest absolute Gasteiger partial charge is 0.393 e. The van der Waals surface area contributed by atoms with Gasteiger partial charge in [-0.15, -0.1) is 0 Å². The van der Waals surface area contributed by atoms with Crippen LogP contribution in [0.2, 0.25) is 0 Å². The van der Waals surface area contributed by atoms with Crippen molar-refractivity contribution in [2.45, 2.75) is 230 Å². The van der Waals surface area contributed by atoms with Crippen molar-refractivity contribution < 1.29 is 39.4 Å². The molecule has 0 aromatic heterocycles. The first-order valence-corrected chi connectivity index (χ1v) is 26.7. The highest BCUT2D eigenvalue weighted by molar-refractivity contribution is 5.10. The fourth-order valence-corrected chi connectivity index (χ4v) is 20.5. The monoisotopic (exact) mass is 865 g/mol. The quantitative estimate of drug-likeness (QED) is 0.113. The van der Waals surface area contributed by atoms with E-state index in [4.69, 9.17) is 18.9 Å². The molecule has 0 amide bonds. The standard InChI is InChI=1S/2C27H44O4/c1-23(2,30-5-3-24-9-19-7-20(10-24)14-26(28,13-19)17-24)31-6-4-25-11-21-8-22(12-25)16-27(29,15-21)18-25;1-25(2,30-5-3-26-11-17-7-19(13-26)23(28)20(8-17)14-26)31-6-4-27-12-18-9-21(15-27)24(29)22(10-18)16-27/h19-22,28-29H,3-18H2,1-2H3;17-24,28-29H,3-16H2,1-2H3. The predicted octanol–water partition coefficient (Wildman–Crippen LogP) is 10.1. The maximum absolute atomic E-state index is 11.0. The van der Waals surface area contributed by atoms with E-state index in [0.29, 0.717) is 45.3 Å². The van der Waals surface area contributed by atoms with Gasteiger partial charge in [-0.25, -0.2) is 0 Å². The Morgan fingerprint density at radius 2 is 0.645 bits per heavy atom. The van der Waals surface area contributed by atoms with Gasteiger partial charge < -0.3 is 39.4 Å². The summed E-state index contributed by atoms with van der Waals surface area (Å²) in [5.41, 5.74) is 0.709. The van der Waals surface area contributed by atoms with Crippen molar-refractivity contribution in [1.82, 2.24) is 0 Å². The summed E-state index contributed by atoms with van der Waals surface area (Å²) >= 11 is 0. The van der Waals surface area contributed by atoms with Gasteiger partial charge in [-0.05, 0) is 275 Å². The molecular formula is C54H88O8. The van der Waals surface area contributed by atoms with E-state index in [1.807, 2.05) is 0 Å². The highest BCUT2D eigenvalue weighted by atomic mass is 16.7. The summed E-state index contributed by atoms with van der Waals surface area (Å²) < 4.78 is 25.2. The van der Waals surface area contributed by atoms with Crippen molar-refractivity contribution >= 4 is 0 Å². The van der Waals surface area contributed by atoms with Gasteiger partial charge in [0.25, 0.3) is 0 Å². The Hall–Kier alpha value is -0.320. The second kappa shape index (κ2) is 15.6. The minimum Gasteiger partial charge on any atom is -0.393 e. The number of ether oxygens (including phenoxy) is 4.